The van der Waals surface area contributed by atoms with Gasteiger partial charge in [-0.3, -0.25) is 0 Å². The van der Waals surface area contributed by atoms with Crippen LogP contribution in [0.2, 0.25) is 0 Å². The van der Waals surface area contributed by atoms with Crippen LogP contribution in [0.4, 0.5) is 0 Å². The third-order valence-electron chi connectivity index (χ3n) is 5.26. The van der Waals surface area contributed by atoms with Crippen LogP contribution in [0.25, 0.3) is 43.6 Å². The summed E-state index contributed by atoms with van der Waals surface area (Å²) in [7, 11) is 0. The van der Waals surface area contributed by atoms with Crippen molar-refractivity contribution in [1.29, 1.82) is 0 Å². The van der Waals surface area contributed by atoms with Crippen molar-refractivity contribution >= 4 is 43.6 Å². The topological polar surface area (TPSA) is 71.5 Å². The molecular formula is C22H17N5O. The van der Waals surface area contributed by atoms with Crippen LogP contribution in [-0.4, -0.2) is 31.3 Å². The Morgan fingerprint density at radius 2 is 1.64 bits per heavy atom. The standard InChI is InChI=1S/C22H17N5O/c1-3-7-17-14(5-1)16-11-19-20(15-6-2-4-8-18(15)25-19)22(21(16)26-17)28-10-9-27-13-23-12-24-27/h1-8,11-13,25-26H,9-10H2. The van der Waals surface area contributed by atoms with E-state index in [4.69, 9.17) is 4.74 Å². The van der Waals surface area contributed by atoms with Crippen LogP contribution >= 0.6 is 0 Å². The van der Waals surface area contributed by atoms with Crippen molar-refractivity contribution in [1.82, 2.24) is 24.7 Å². The first-order valence-electron chi connectivity index (χ1n) is 9.27. The number of aromatic amines is 2. The molecule has 0 unspecified atom stereocenters. The average Bonchev–Trinajstić information content (AvgIpc) is 3.44. The number of para-hydroxylation sites is 2. The first-order chi connectivity index (χ1) is 13.9. The number of nitrogens with one attached hydrogen (secondary N) is 2. The van der Waals surface area contributed by atoms with E-state index in [2.05, 4.69) is 62.5 Å². The lowest BCUT2D eigenvalue weighted by Crippen LogP contribution is -2.08. The van der Waals surface area contributed by atoms with Gasteiger partial charge in [0.05, 0.1) is 23.0 Å². The van der Waals surface area contributed by atoms with Crippen molar-refractivity contribution in [3.05, 3.63) is 67.3 Å². The summed E-state index contributed by atoms with van der Waals surface area (Å²) in [4.78, 5) is 11.1. The number of hydrogen-bond acceptors (Lipinski definition) is 3. The lowest BCUT2D eigenvalue weighted by Gasteiger charge is -2.10. The molecule has 6 nitrogen and oxygen atoms in total. The molecule has 0 saturated carbocycles. The molecule has 0 radical (unpaired) electrons. The smallest absolute Gasteiger partial charge is 0.153 e. The molecule has 28 heavy (non-hydrogen) atoms. The van der Waals surface area contributed by atoms with Crippen molar-refractivity contribution in [2.24, 2.45) is 0 Å². The molecular weight excluding hydrogens is 350 g/mol. The molecule has 0 saturated heterocycles. The molecule has 6 aromatic rings. The molecule has 3 aromatic heterocycles. The van der Waals surface area contributed by atoms with E-state index < -0.39 is 0 Å². The summed E-state index contributed by atoms with van der Waals surface area (Å²) in [5.74, 6) is 0.876. The highest BCUT2D eigenvalue weighted by Gasteiger charge is 2.17. The zero-order valence-corrected chi connectivity index (χ0v) is 15.0. The summed E-state index contributed by atoms with van der Waals surface area (Å²) in [6, 6.07) is 18.9. The summed E-state index contributed by atoms with van der Waals surface area (Å²) >= 11 is 0. The van der Waals surface area contributed by atoms with Gasteiger partial charge in [0.2, 0.25) is 0 Å². The lowest BCUT2D eigenvalue weighted by molar-refractivity contribution is 0.297. The van der Waals surface area contributed by atoms with Gasteiger partial charge in [0, 0.05) is 27.2 Å². The van der Waals surface area contributed by atoms with Crippen LogP contribution in [0, 0.1) is 0 Å². The molecule has 0 bridgehead atoms. The van der Waals surface area contributed by atoms with Crippen LogP contribution in [0.15, 0.2) is 67.3 Å². The quantitative estimate of drug-likeness (QED) is 0.477. The van der Waals surface area contributed by atoms with Crippen molar-refractivity contribution in [3.8, 4) is 5.75 Å². The summed E-state index contributed by atoms with van der Waals surface area (Å²) in [5.41, 5.74) is 4.32. The van der Waals surface area contributed by atoms with E-state index in [9.17, 15) is 0 Å². The summed E-state index contributed by atoms with van der Waals surface area (Å²) in [5, 5.41) is 8.78. The Balaban J connectivity index is 1.60. The lowest BCUT2D eigenvalue weighted by atomic mass is 10.1. The normalized spacial score (nSPS) is 11.9. The third kappa shape index (κ3) is 2.21. The monoisotopic (exact) mass is 367 g/mol. The second-order valence-electron chi connectivity index (χ2n) is 6.90. The third-order valence-corrected chi connectivity index (χ3v) is 5.26. The molecule has 3 aromatic carbocycles. The molecule has 6 rings (SSSR count). The van der Waals surface area contributed by atoms with Gasteiger partial charge in [-0.25, -0.2) is 9.67 Å². The van der Waals surface area contributed by atoms with Crippen molar-refractivity contribution in [3.63, 3.8) is 0 Å². The maximum atomic E-state index is 6.36. The van der Waals surface area contributed by atoms with Crippen molar-refractivity contribution in [2.45, 2.75) is 6.54 Å². The Morgan fingerprint density at radius 1 is 0.857 bits per heavy atom. The number of rotatable bonds is 4. The first-order valence-corrected chi connectivity index (χ1v) is 9.27. The molecule has 0 spiro atoms. The summed E-state index contributed by atoms with van der Waals surface area (Å²) in [6.07, 6.45) is 3.24. The Bertz CT molecular complexity index is 1440. The van der Waals surface area contributed by atoms with E-state index in [0.717, 1.165) is 44.0 Å². The van der Waals surface area contributed by atoms with Gasteiger partial charge in [0.25, 0.3) is 0 Å². The Labute approximate surface area is 159 Å². The minimum Gasteiger partial charge on any atom is -0.489 e. The van der Waals surface area contributed by atoms with Crippen LogP contribution in [-0.2, 0) is 6.54 Å². The highest BCUT2D eigenvalue weighted by molar-refractivity contribution is 6.21. The highest BCUT2D eigenvalue weighted by Crippen LogP contribution is 2.41. The SMILES string of the molecule is c1ccc2c(c1)[nH]c1c(OCCn3cncn3)c3c(cc12)[nH]c1ccccc13. The number of fused-ring (bicyclic) bond motifs is 6. The molecule has 0 fully saturated rings. The fourth-order valence-corrected chi connectivity index (χ4v) is 4.01. The van der Waals surface area contributed by atoms with Crippen LogP contribution in [0.1, 0.15) is 0 Å². The van der Waals surface area contributed by atoms with E-state index in [1.54, 1.807) is 11.0 Å². The predicted molar refractivity (Wildman–Crippen MR) is 111 cm³/mol. The van der Waals surface area contributed by atoms with E-state index in [1.807, 2.05) is 12.1 Å². The molecule has 0 amide bonds. The van der Waals surface area contributed by atoms with Gasteiger partial charge in [0.1, 0.15) is 19.3 Å². The van der Waals surface area contributed by atoms with Crippen LogP contribution < -0.4 is 4.74 Å². The van der Waals surface area contributed by atoms with E-state index in [0.29, 0.717) is 13.2 Å². The number of nitrogens with zero attached hydrogens (tertiary/aromatic N) is 3. The highest BCUT2D eigenvalue weighted by atomic mass is 16.5. The molecule has 136 valence electrons. The number of aromatic nitrogens is 5. The van der Waals surface area contributed by atoms with Gasteiger partial charge >= 0.3 is 0 Å². The largest absolute Gasteiger partial charge is 0.489 e. The maximum absolute atomic E-state index is 6.36. The van der Waals surface area contributed by atoms with Crippen LogP contribution in [0.5, 0.6) is 5.75 Å². The molecule has 6 heteroatoms. The second kappa shape index (κ2) is 5.85. The zero-order valence-electron chi connectivity index (χ0n) is 15.0. The second-order valence-corrected chi connectivity index (χ2v) is 6.90. The zero-order chi connectivity index (χ0) is 18.5. The maximum Gasteiger partial charge on any atom is 0.153 e. The number of hydrogen-bond donors (Lipinski definition) is 2. The number of benzene rings is 3. The van der Waals surface area contributed by atoms with Gasteiger partial charge in [0.15, 0.2) is 5.75 Å². The number of H-pyrrole nitrogens is 2. The summed E-state index contributed by atoms with van der Waals surface area (Å²) in [6.45, 7) is 1.15. The Kier molecular flexibility index (Phi) is 3.19. The van der Waals surface area contributed by atoms with Gasteiger partial charge in [-0.1, -0.05) is 36.4 Å². The van der Waals surface area contributed by atoms with Gasteiger partial charge in [-0.2, -0.15) is 5.10 Å². The van der Waals surface area contributed by atoms with Crippen molar-refractivity contribution < 1.29 is 4.74 Å². The molecule has 0 aliphatic rings. The van der Waals surface area contributed by atoms with E-state index in [1.165, 1.54) is 11.7 Å². The number of ether oxygens (including phenoxy) is 1. The van der Waals surface area contributed by atoms with Crippen LogP contribution in [0.3, 0.4) is 0 Å². The van der Waals surface area contributed by atoms with Gasteiger partial charge in [-0.15, -0.1) is 0 Å². The first kappa shape index (κ1) is 15.3. The average molecular weight is 367 g/mol. The van der Waals surface area contributed by atoms with Gasteiger partial charge in [-0.05, 0) is 18.2 Å². The fourth-order valence-electron chi connectivity index (χ4n) is 4.01. The fraction of sp³-hybridized carbons (Fsp3) is 0.0909. The molecule has 0 aliphatic heterocycles. The molecule has 0 atom stereocenters. The molecule has 2 N–H and O–H groups in total. The minimum absolute atomic E-state index is 0.506. The Morgan fingerprint density at radius 3 is 2.46 bits per heavy atom. The predicted octanol–water partition coefficient (Wildman–Crippen LogP) is 4.63. The van der Waals surface area contributed by atoms with E-state index >= 15 is 0 Å². The van der Waals surface area contributed by atoms with Gasteiger partial charge < -0.3 is 14.7 Å². The molecule has 0 aliphatic carbocycles. The molecule has 3 heterocycles. The Hall–Kier alpha value is -3.80. The minimum atomic E-state index is 0.506. The summed E-state index contributed by atoms with van der Waals surface area (Å²) < 4.78 is 8.14. The van der Waals surface area contributed by atoms with E-state index in [-0.39, 0.29) is 0 Å². The van der Waals surface area contributed by atoms with Crippen molar-refractivity contribution in [2.75, 3.05) is 6.61 Å².